The summed E-state index contributed by atoms with van der Waals surface area (Å²) in [6, 6.07) is 10.2. The molecule has 0 saturated carbocycles. The van der Waals surface area contributed by atoms with Gasteiger partial charge in [-0.3, -0.25) is 9.88 Å². The minimum atomic E-state index is -0.376. The molecule has 0 aliphatic carbocycles. The summed E-state index contributed by atoms with van der Waals surface area (Å²) in [6.07, 6.45) is 7.02. The van der Waals surface area contributed by atoms with Crippen molar-refractivity contribution in [2.45, 2.75) is 25.0 Å². The summed E-state index contributed by atoms with van der Waals surface area (Å²) in [5, 5.41) is 1.04. The second-order valence-corrected chi connectivity index (χ2v) is 7.23. The van der Waals surface area contributed by atoms with Crippen molar-refractivity contribution in [2.75, 3.05) is 13.1 Å². The van der Waals surface area contributed by atoms with E-state index >= 15 is 0 Å². The van der Waals surface area contributed by atoms with Gasteiger partial charge in [0.05, 0.1) is 11.6 Å². The maximum absolute atomic E-state index is 12.1. The van der Waals surface area contributed by atoms with Crippen molar-refractivity contribution in [3.05, 3.63) is 67.4 Å². The molecule has 1 unspecified atom stereocenters. The standard InChI is InChI=1S/C22H24N2O2/c1-3-15-14-24-12-10-16(15)13-20(24)22(26-21(25)4-2)18-9-11-23-19-8-6-5-7-17(18)19/h3-9,11,15-16,20,22H,1-2,10,12-14H2/t15-,16-,20+,22-/m0/s1. The van der Waals surface area contributed by atoms with Gasteiger partial charge in [-0.2, -0.15) is 0 Å². The molecule has 1 aromatic heterocycles. The normalized spacial score (nSPS) is 28.5. The molecule has 0 radical (unpaired) electrons. The zero-order valence-electron chi connectivity index (χ0n) is 14.9. The van der Waals surface area contributed by atoms with Crippen LogP contribution in [0.5, 0.6) is 0 Å². The molecule has 3 fully saturated rings. The fourth-order valence-electron chi connectivity index (χ4n) is 4.58. The van der Waals surface area contributed by atoms with Gasteiger partial charge in [0.2, 0.25) is 0 Å². The number of benzene rings is 1. The van der Waals surface area contributed by atoms with Gasteiger partial charge in [-0.1, -0.05) is 30.9 Å². The lowest BCUT2D eigenvalue weighted by molar-refractivity contribution is -0.151. The first-order valence-electron chi connectivity index (χ1n) is 9.24. The quantitative estimate of drug-likeness (QED) is 0.467. The average Bonchev–Trinajstić information content (AvgIpc) is 2.71. The zero-order valence-corrected chi connectivity index (χ0v) is 14.9. The maximum Gasteiger partial charge on any atom is 0.330 e. The molecule has 5 atom stereocenters. The van der Waals surface area contributed by atoms with Gasteiger partial charge in [0.25, 0.3) is 0 Å². The van der Waals surface area contributed by atoms with E-state index < -0.39 is 0 Å². The van der Waals surface area contributed by atoms with E-state index in [2.05, 4.69) is 35.2 Å². The fraction of sp³-hybridized carbons (Fsp3) is 0.364. The van der Waals surface area contributed by atoms with E-state index in [0.717, 1.165) is 36.0 Å². The highest BCUT2D eigenvalue weighted by Gasteiger charge is 2.44. The van der Waals surface area contributed by atoms with Crippen LogP contribution in [0.4, 0.5) is 0 Å². The van der Waals surface area contributed by atoms with Crippen LogP contribution in [0.25, 0.3) is 10.9 Å². The first-order chi connectivity index (χ1) is 12.7. The van der Waals surface area contributed by atoms with Gasteiger partial charge in [-0.15, -0.1) is 6.58 Å². The molecule has 0 N–H and O–H groups in total. The molecule has 26 heavy (non-hydrogen) atoms. The van der Waals surface area contributed by atoms with Crippen molar-refractivity contribution < 1.29 is 9.53 Å². The smallest absolute Gasteiger partial charge is 0.330 e. The number of aromatic nitrogens is 1. The van der Waals surface area contributed by atoms with Gasteiger partial charge in [0.1, 0.15) is 6.10 Å². The summed E-state index contributed by atoms with van der Waals surface area (Å²) in [5.74, 6) is 0.768. The number of nitrogens with zero attached hydrogens (tertiary/aromatic N) is 2. The molecule has 4 heterocycles. The molecule has 3 saturated heterocycles. The van der Waals surface area contributed by atoms with Crippen molar-refractivity contribution in [3.8, 4) is 0 Å². The predicted molar refractivity (Wildman–Crippen MR) is 103 cm³/mol. The Bertz CT molecular complexity index is 842. The van der Waals surface area contributed by atoms with Crippen LogP contribution in [0.15, 0.2) is 61.8 Å². The molecule has 0 amide bonds. The molecule has 0 spiro atoms. The highest BCUT2D eigenvalue weighted by atomic mass is 16.5. The number of esters is 1. The Kier molecular flexibility index (Phi) is 4.60. The third kappa shape index (κ3) is 2.95. The Morgan fingerprint density at radius 3 is 2.88 bits per heavy atom. The molecule has 3 aliphatic rings. The number of para-hydroxylation sites is 1. The third-order valence-corrected chi connectivity index (χ3v) is 5.90. The molecule has 2 bridgehead atoms. The summed E-state index contributed by atoms with van der Waals surface area (Å²) < 4.78 is 5.90. The minimum Gasteiger partial charge on any atom is -0.453 e. The third-order valence-electron chi connectivity index (χ3n) is 5.90. The minimum absolute atomic E-state index is 0.180. The molecule has 4 heteroatoms. The topological polar surface area (TPSA) is 42.4 Å². The Morgan fingerprint density at radius 1 is 1.31 bits per heavy atom. The lowest BCUT2D eigenvalue weighted by atomic mass is 9.73. The zero-order chi connectivity index (χ0) is 18.1. The lowest BCUT2D eigenvalue weighted by Gasteiger charge is -2.51. The number of rotatable bonds is 5. The summed E-state index contributed by atoms with van der Waals surface area (Å²) in [5.41, 5.74) is 1.95. The van der Waals surface area contributed by atoms with Crippen molar-refractivity contribution in [1.29, 1.82) is 0 Å². The van der Waals surface area contributed by atoms with Crippen molar-refractivity contribution >= 4 is 16.9 Å². The van der Waals surface area contributed by atoms with Crippen molar-refractivity contribution in [1.82, 2.24) is 9.88 Å². The van der Waals surface area contributed by atoms with Crippen LogP contribution < -0.4 is 0 Å². The van der Waals surface area contributed by atoms with Crippen molar-refractivity contribution in [2.24, 2.45) is 11.8 Å². The van der Waals surface area contributed by atoms with Gasteiger partial charge in [-0.25, -0.2) is 4.79 Å². The molecule has 3 aliphatic heterocycles. The fourth-order valence-corrected chi connectivity index (χ4v) is 4.58. The van der Waals surface area contributed by atoms with Gasteiger partial charge in [-0.05, 0) is 43.4 Å². The second-order valence-electron chi connectivity index (χ2n) is 7.23. The van der Waals surface area contributed by atoms with Crippen molar-refractivity contribution in [3.63, 3.8) is 0 Å². The first-order valence-corrected chi connectivity index (χ1v) is 9.24. The summed E-state index contributed by atoms with van der Waals surface area (Å²) >= 11 is 0. The number of piperidine rings is 3. The van der Waals surface area contributed by atoms with E-state index in [1.807, 2.05) is 24.3 Å². The van der Waals surface area contributed by atoms with Gasteiger partial charge < -0.3 is 4.74 Å². The van der Waals surface area contributed by atoms with Gasteiger partial charge in [0, 0.05) is 29.8 Å². The average molecular weight is 348 g/mol. The van der Waals surface area contributed by atoms with Crippen LogP contribution in [-0.4, -0.2) is 35.0 Å². The van der Waals surface area contributed by atoms with Crippen LogP contribution in [0.1, 0.15) is 24.5 Å². The Hall–Kier alpha value is -2.46. The number of pyridine rings is 1. The van der Waals surface area contributed by atoms with E-state index in [1.54, 1.807) is 6.20 Å². The number of ether oxygens (including phenoxy) is 1. The summed E-state index contributed by atoms with van der Waals surface area (Å²) in [6.45, 7) is 9.61. The summed E-state index contributed by atoms with van der Waals surface area (Å²) in [4.78, 5) is 19.0. The maximum atomic E-state index is 12.1. The number of carbonyl (C=O) groups excluding carboxylic acids is 1. The Balaban J connectivity index is 1.75. The van der Waals surface area contributed by atoms with E-state index in [0.29, 0.717) is 11.8 Å². The van der Waals surface area contributed by atoms with E-state index in [9.17, 15) is 4.79 Å². The van der Waals surface area contributed by atoms with Gasteiger partial charge >= 0.3 is 5.97 Å². The Labute approximate surface area is 154 Å². The number of carbonyl (C=O) groups is 1. The summed E-state index contributed by atoms with van der Waals surface area (Å²) in [7, 11) is 0. The predicted octanol–water partition coefficient (Wildman–Crippen LogP) is 3.90. The molecule has 5 rings (SSSR count). The van der Waals surface area contributed by atoms with Crippen LogP contribution in [0, 0.1) is 11.8 Å². The van der Waals surface area contributed by atoms with E-state index in [4.69, 9.17) is 4.74 Å². The number of hydrogen-bond acceptors (Lipinski definition) is 4. The second kappa shape index (κ2) is 7.04. The molecule has 1 aromatic carbocycles. The number of fused-ring (bicyclic) bond motifs is 4. The molecule has 2 aromatic rings. The van der Waals surface area contributed by atoms with Crippen LogP contribution in [0.2, 0.25) is 0 Å². The highest BCUT2D eigenvalue weighted by molar-refractivity contribution is 5.84. The highest BCUT2D eigenvalue weighted by Crippen LogP contribution is 2.43. The molecule has 134 valence electrons. The van der Waals surface area contributed by atoms with Crippen LogP contribution in [0.3, 0.4) is 0 Å². The first kappa shape index (κ1) is 17.0. The lowest BCUT2D eigenvalue weighted by Crippen LogP contribution is -2.55. The van der Waals surface area contributed by atoms with E-state index in [-0.39, 0.29) is 18.1 Å². The molecular weight excluding hydrogens is 324 g/mol. The van der Waals surface area contributed by atoms with Crippen LogP contribution >= 0.6 is 0 Å². The van der Waals surface area contributed by atoms with Gasteiger partial charge in [0.15, 0.2) is 0 Å². The molecular formula is C22H24N2O2. The largest absolute Gasteiger partial charge is 0.453 e. The Morgan fingerprint density at radius 2 is 2.15 bits per heavy atom. The molecule has 4 nitrogen and oxygen atoms in total. The van der Waals surface area contributed by atoms with Crippen LogP contribution in [-0.2, 0) is 9.53 Å². The van der Waals surface area contributed by atoms with E-state index in [1.165, 1.54) is 12.5 Å². The monoisotopic (exact) mass is 348 g/mol. The SMILES string of the molecule is C=CC(=O)O[C@@H](c1ccnc2ccccc12)[C@H]1C[C@@H]2CCN1C[C@@H]2C=C. The number of hydrogen-bond donors (Lipinski definition) is 0.